The Kier molecular flexibility index (Phi) is 4.49. The second-order valence-corrected chi connectivity index (χ2v) is 8.16. The third-order valence-corrected chi connectivity index (χ3v) is 6.09. The zero-order valence-corrected chi connectivity index (χ0v) is 16.2. The molecule has 0 amide bonds. The predicted molar refractivity (Wildman–Crippen MR) is 111 cm³/mol. The lowest BCUT2D eigenvalue weighted by Gasteiger charge is -2.43. The Morgan fingerprint density at radius 2 is 2.00 bits per heavy atom. The monoisotopic (exact) mass is 382 g/mol. The molecule has 5 rings (SSSR count). The lowest BCUT2D eigenvalue weighted by Crippen LogP contribution is -2.46. The molecular formula is C24H22N4O. The van der Waals surface area contributed by atoms with Crippen LogP contribution in [0.5, 0.6) is 0 Å². The summed E-state index contributed by atoms with van der Waals surface area (Å²) < 4.78 is 1.98. The van der Waals surface area contributed by atoms with Crippen LogP contribution in [0.2, 0.25) is 0 Å². The summed E-state index contributed by atoms with van der Waals surface area (Å²) in [5.74, 6) is 0.841. The van der Waals surface area contributed by atoms with Crippen LogP contribution in [0.3, 0.4) is 0 Å². The first-order valence-electron chi connectivity index (χ1n) is 10.1. The number of hydrogen-bond donors (Lipinski definition) is 0. The summed E-state index contributed by atoms with van der Waals surface area (Å²) in [4.78, 5) is 19.5. The van der Waals surface area contributed by atoms with E-state index >= 15 is 0 Å². The van der Waals surface area contributed by atoms with E-state index in [0.717, 1.165) is 49.4 Å². The van der Waals surface area contributed by atoms with Gasteiger partial charge in [0.2, 0.25) is 0 Å². The van der Waals surface area contributed by atoms with Crippen molar-refractivity contribution in [2.75, 3.05) is 13.1 Å². The number of fused-ring (bicyclic) bond motifs is 4. The van der Waals surface area contributed by atoms with E-state index in [2.05, 4.69) is 28.1 Å². The summed E-state index contributed by atoms with van der Waals surface area (Å²) in [6.07, 6.45) is 4.69. The molecule has 2 bridgehead atoms. The molecule has 0 spiro atoms. The minimum atomic E-state index is 0.0891. The maximum absolute atomic E-state index is 12.8. The van der Waals surface area contributed by atoms with Gasteiger partial charge in [-0.15, -0.1) is 0 Å². The number of likely N-dealkylation sites (tertiary alicyclic amines) is 1. The zero-order valence-electron chi connectivity index (χ0n) is 16.2. The minimum Gasteiger partial charge on any atom is -0.312 e. The van der Waals surface area contributed by atoms with Crippen LogP contribution < -0.4 is 5.56 Å². The summed E-state index contributed by atoms with van der Waals surface area (Å²) >= 11 is 0. The van der Waals surface area contributed by atoms with E-state index in [9.17, 15) is 4.79 Å². The summed E-state index contributed by atoms with van der Waals surface area (Å²) in [6, 6.07) is 17.9. The molecule has 144 valence electrons. The third-order valence-electron chi connectivity index (χ3n) is 6.09. The minimum absolute atomic E-state index is 0.0891. The van der Waals surface area contributed by atoms with Gasteiger partial charge in [0, 0.05) is 61.8 Å². The molecule has 2 aliphatic rings. The van der Waals surface area contributed by atoms with Crippen molar-refractivity contribution in [3.8, 4) is 17.2 Å². The lowest BCUT2D eigenvalue weighted by atomic mass is 9.82. The van der Waals surface area contributed by atoms with Gasteiger partial charge in [-0.3, -0.25) is 14.7 Å². The van der Waals surface area contributed by atoms with Gasteiger partial charge >= 0.3 is 0 Å². The van der Waals surface area contributed by atoms with Crippen molar-refractivity contribution in [1.82, 2.24) is 14.5 Å². The van der Waals surface area contributed by atoms with Crippen LogP contribution in [0.1, 0.15) is 29.2 Å². The average Bonchev–Trinajstić information content (AvgIpc) is 2.75. The van der Waals surface area contributed by atoms with Gasteiger partial charge in [-0.05, 0) is 47.7 Å². The first-order valence-corrected chi connectivity index (χ1v) is 10.1. The Morgan fingerprint density at radius 3 is 2.83 bits per heavy atom. The molecule has 0 unspecified atom stereocenters. The fraction of sp³-hybridized carbons (Fsp3) is 0.292. The first-order chi connectivity index (χ1) is 14.2. The highest BCUT2D eigenvalue weighted by Crippen LogP contribution is 2.37. The van der Waals surface area contributed by atoms with Gasteiger partial charge in [-0.1, -0.05) is 18.2 Å². The van der Waals surface area contributed by atoms with Crippen LogP contribution in [0.25, 0.3) is 11.1 Å². The zero-order chi connectivity index (χ0) is 19.8. The van der Waals surface area contributed by atoms with Crippen molar-refractivity contribution in [2.24, 2.45) is 5.92 Å². The van der Waals surface area contributed by atoms with E-state index in [1.807, 2.05) is 41.1 Å². The predicted octanol–water partition coefficient (Wildman–Crippen LogP) is 3.40. The third kappa shape index (κ3) is 3.48. The second-order valence-electron chi connectivity index (χ2n) is 8.16. The number of hydrogen-bond acceptors (Lipinski definition) is 4. The number of benzene rings is 1. The molecule has 29 heavy (non-hydrogen) atoms. The molecule has 0 N–H and O–H groups in total. The Balaban J connectivity index is 1.44. The van der Waals surface area contributed by atoms with Crippen molar-refractivity contribution in [2.45, 2.75) is 25.4 Å². The molecule has 1 saturated heterocycles. The average molecular weight is 382 g/mol. The van der Waals surface area contributed by atoms with Gasteiger partial charge in [0.05, 0.1) is 11.6 Å². The number of aromatic nitrogens is 2. The van der Waals surface area contributed by atoms with Gasteiger partial charge in [-0.2, -0.15) is 5.26 Å². The summed E-state index contributed by atoms with van der Waals surface area (Å²) in [6.45, 7) is 3.55. The van der Waals surface area contributed by atoms with Gasteiger partial charge in [0.15, 0.2) is 0 Å². The lowest BCUT2D eigenvalue weighted by molar-refractivity contribution is 0.114. The smallest absolute Gasteiger partial charge is 0.251 e. The summed E-state index contributed by atoms with van der Waals surface area (Å²) in [5.41, 5.74) is 5.04. The molecule has 2 aromatic heterocycles. The highest BCUT2D eigenvalue weighted by molar-refractivity contribution is 5.62. The van der Waals surface area contributed by atoms with Crippen LogP contribution in [0, 0.1) is 17.2 Å². The van der Waals surface area contributed by atoms with Crippen molar-refractivity contribution >= 4 is 0 Å². The van der Waals surface area contributed by atoms with Crippen molar-refractivity contribution in [3.05, 3.63) is 88.1 Å². The Bertz CT molecular complexity index is 1150. The standard InChI is InChI=1S/C24H22N4O/c25-11-17-3-1-4-18(7-17)13-27-14-19-8-22(16-27)23-9-21(10-24(29)28(23)15-19)20-5-2-6-26-12-20/h1-7,9-10,12,19,22H,8,13-16H2/t19-,22+/m0/s1. The number of pyridine rings is 2. The first kappa shape index (κ1) is 17.8. The van der Waals surface area contributed by atoms with Gasteiger partial charge in [-0.25, -0.2) is 0 Å². The molecule has 3 aromatic rings. The molecular weight excluding hydrogens is 360 g/mol. The second kappa shape index (κ2) is 7.31. The Hall–Kier alpha value is -3.23. The van der Waals surface area contributed by atoms with E-state index < -0.39 is 0 Å². The van der Waals surface area contributed by atoms with E-state index in [1.165, 1.54) is 5.56 Å². The van der Waals surface area contributed by atoms with Crippen LogP contribution >= 0.6 is 0 Å². The van der Waals surface area contributed by atoms with E-state index in [0.29, 0.717) is 17.4 Å². The molecule has 4 heterocycles. The molecule has 2 aliphatic heterocycles. The van der Waals surface area contributed by atoms with Crippen molar-refractivity contribution < 1.29 is 0 Å². The van der Waals surface area contributed by atoms with Crippen molar-refractivity contribution in [1.29, 1.82) is 5.26 Å². The highest BCUT2D eigenvalue weighted by atomic mass is 16.1. The normalized spacial score (nSPS) is 20.7. The van der Waals surface area contributed by atoms with Crippen molar-refractivity contribution in [3.63, 3.8) is 0 Å². The van der Waals surface area contributed by atoms with Gasteiger partial charge < -0.3 is 4.57 Å². The maximum Gasteiger partial charge on any atom is 0.251 e. The largest absolute Gasteiger partial charge is 0.312 e. The molecule has 0 saturated carbocycles. The van der Waals surface area contributed by atoms with Crippen LogP contribution in [-0.4, -0.2) is 27.5 Å². The van der Waals surface area contributed by atoms with Crippen LogP contribution in [-0.2, 0) is 13.1 Å². The van der Waals surface area contributed by atoms with Crippen LogP contribution in [0.4, 0.5) is 0 Å². The maximum atomic E-state index is 12.8. The quantitative estimate of drug-likeness (QED) is 0.697. The fourth-order valence-corrected chi connectivity index (χ4v) is 4.88. The Labute approximate surface area is 169 Å². The SMILES string of the molecule is N#Cc1cccc(CN2C[C@@H]3C[C@H](C2)c2cc(-c4cccnc4)cc(=O)n2C3)c1. The van der Waals surface area contributed by atoms with E-state index in [1.54, 1.807) is 12.3 Å². The topological polar surface area (TPSA) is 61.9 Å². The highest BCUT2D eigenvalue weighted by Gasteiger charge is 2.34. The summed E-state index contributed by atoms with van der Waals surface area (Å²) in [7, 11) is 0. The summed E-state index contributed by atoms with van der Waals surface area (Å²) in [5, 5.41) is 9.15. The number of piperidine rings is 1. The molecule has 1 aromatic carbocycles. The number of nitriles is 1. The number of nitrogens with zero attached hydrogens (tertiary/aromatic N) is 4. The molecule has 1 fully saturated rings. The number of rotatable bonds is 3. The van der Waals surface area contributed by atoms with Gasteiger partial charge in [0.1, 0.15) is 0 Å². The van der Waals surface area contributed by atoms with E-state index in [4.69, 9.17) is 5.26 Å². The molecule has 2 atom stereocenters. The van der Waals surface area contributed by atoms with Gasteiger partial charge in [0.25, 0.3) is 5.56 Å². The fourth-order valence-electron chi connectivity index (χ4n) is 4.88. The molecule has 0 aliphatic carbocycles. The molecule has 0 radical (unpaired) electrons. The van der Waals surface area contributed by atoms with Crippen LogP contribution in [0.15, 0.2) is 65.7 Å². The molecule has 5 nitrogen and oxygen atoms in total. The van der Waals surface area contributed by atoms with E-state index in [-0.39, 0.29) is 5.56 Å². The molecule has 5 heteroatoms. The Morgan fingerprint density at radius 1 is 1.07 bits per heavy atom.